The van der Waals surface area contributed by atoms with Crippen molar-refractivity contribution in [3.05, 3.63) is 47.5 Å². The molecule has 1 amide bonds. The van der Waals surface area contributed by atoms with Gasteiger partial charge >= 0.3 is 0 Å². The summed E-state index contributed by atoms with van der Waals surface area (Å²) < 4.78 is 3.47. The molecule has 0 fully saturated rings. The van der Waals surface area contributed by atoms with Crippen molar-refractivity contribution in [2.45, 2.75) is 6.92 Å². The zero-order valence-electron chi connectivity index (χ0n) is 13.0. The molecule has 4 aromatic heterocycles. The summed E-state index contributed by atoms with van der Waals surface area (Å²) in [5, 5.41) is 17.4. The molecule has 4 rings (SSSR count). The van der Waals surface area contributed by atoms with Gasteiger partial charge in [0, 0.05) is 30.4 Å². The second-order valence-electron chi connectivity index (χ2n) is 5.29. The van der Waals surface area contributed by atoms with E-state index in [2.05, 4.69) is 25.6 Å². The molecular weight excluding hydrogens is 326 g/mol. The lowest BCUT2D eigenvalue weighted by molar-refractivity contribution is 0.102. The van der Waals surface area contributed by atoms with Gasteiger partial charge in [0.05, 0.1) is 17.0 Å². The number of amides is 1. The highest BCUT2D eigenvalue weighted by molar-refractivity contribution is 7.13. The molecule has 0 atom stereocenters. The first-order chi connectivity index (χ1) is 11.6. The van der Waals surface area contributed by atoms with E-state index in [1.54, 1.807) is 27.7 Å². The first kappa shape index (κ1) is 14.5. The number of thiazole rings is 1. The number of nitrogens with zero attached hydrogens (tertiary/aromatic N) is 6. The minimum absolute atomic E-state index is 0.272. The number of fused-ring (bicyclic) bond motifs is 1. The highest BCUT2D eigenvalue weighted by Crippen LogP contribution is 2.23. The summed E-state index contributed by atoms with van der Waals surface area (Å²) in [5.41, 5.74) is 3.53. The molecule has 0 aliphatic rings. The van der Waals surface area contributed by atoms with Crippen molar-refractivity contribution in [2.75, 3.05) is 5.32 Å². The molecule has 24 heavy (non-hydrogen) atoms. The summed E-state index contributed by atoms with van der Waals surface area (Å²) in [7, 11) is 1.85. The minimum Gasteiger partial charge on any atom is -0.298 e. The highest BCUT2D eigenvalue weighted by atomic mass is 32.1. The summed E-state index contributed by atoms with van der Waals surface area (Å²) in [6.45, 7) is 1.88. The molecule has 0 aromatic carbocycles. The Balaban J connectivity index is 1.80. The SMILES string of the molecule is Cc1csc(NC(=O)c2cc(-c3ccnn3C)cn3cnnc23)n1. The molecule has 1 N–H and O–H groups in total. The lowest BCUT2D eigenvalue weighted by atomic mass is 10.1. The first-order valence-electron chi connectivity index (χ1n) is 7.17. The first-order valence-corrected chi connectivity index (χ1v) is 8.05. The van der Waals surface area contributed by atoms with E-state index >= 15 is 0 Å². The van der Waals surface area contributed by atoms with Gasteiger partial charge in [0.15, 0.2) is 10.8 Å². The van der Waals surface area contributed by atoms with E-state index < -0.39 is 0 Å². The number of carbonyl (C=O) groups is 1. The molecule has 0 saturated carbocycles. The molecule has 0 radical (unpaired) electrons. The Labute approximate surface area is 140 Å². The Morgan fingerprint density at radius 1 is 1.38 bits per heavy atom. The van der Waals surface area contributed by atoms with Gasteiger partial charge in [-0.2, -0.15) is 5.10 Å². The Kier molecular flexibility index (Phi) is 3.35. The molecule has 0 aliphatic heterocycles. The monoisotopic (exact) mass is 339 g/mol. The van der Waals surface area contributed by atoms with Crippen LogP contribution in [0.1, 0.15) is 16.1 Å². The van der Waals surface area contributed by atoms with Crippen molar-refractivity contribution >= 4 is 28.0 Å². The predicted molar refractivity (Wildman–Crippen MR) is 90.0 cm³/mol. The number of hydrogen-bond acceptors (Lipinski definition) is 6. The summed E-state index contributed by atoms with van der Waals surface area (Å²) in [6, 6.07) is 3.67. The zero-order valence-corrected chi connectivity index (χ0v) is 13.8. The van der Waals surface area contributed by atoms with Gasteiger partial charge in [0.25, 0.3) is 5.91 Å². The molecule has 4 heterocycles. The highest BCUT2D eigenvalue weighted by Gasteiger charge is 2.17. The van der Waals surface area contributed by atoms with Crippen LogP contribution in [0.15, 0.2) is 36.2 Å². The largest absolute Gasteiger partial charge is 0.298 e. The van der Waals surface area contributed by atoms with Crippen LogP contribution in [0.5, 0.6) is 0 Å². The average Bonchev–Trinajstić information content (AvgIpc) is 3.27. The number of anilines is 1. The van der Waals surface area contributed by atoms with Crippen LogP contribution in [0.2, 0.25) is 0 Å². The summed E-state index contributed by atoms with van der Waals surface area (Å²) in [6.07, 6.45) is 5.15. The van der Waals surface area contributed by atoms with E-state index in [1.165, 1.54) is 11.3 Å². The van der Waals surface area contributed by atoms with Gasteiger partial charge in [0.2, 0.25) is 0 Å². The third-order valence-corrected chi connectivity index (χ3v) is 4.47. The molecular formula is C15H13N7OS. The number of carbonyl (C=O) groups excluding carboxylic acids is 1. The number of aryl methyl sites for hydroxylation is 2. The van der Waals surface area contributed by atoms with E-state index in [0.29, 0.717) is 16.3 Å². The van der Waals surface area contributed by atoms with Crippen molar-refractivity contribution in [3.8, 4) is 11.3 Å². The minimum atomic E-state index is -0.272. The summed E-state index contributed by atoms with van der Waals surface area (Å²) in [4.78, 5) is 17.0. The van der Waals surface area contributed by atoms with Gasteiger partial charge in [-0.3, -0.25) is 19.2 Å². The molecule has 8 nitrogen and oxygen atoms in total. The maximum Gasteiger partial charge on any atom is 0.261 e. The molecule has 0 unspecified atom stereocenters. The number of aromatic nitrogens is 6. The molecule has 0 spiro atoms. The average molecular weight is 339 g/mol. The summed E-state index contributed by atoms with van der Waals surface area (Å²) in [5.74, 6) is -0.272. The molecule has 0 aliphatic carbocycles. The van der Waals surface area contributed by atoms with E-state index in [0.717, 1.165) is 17.0 Å². The fourth-order valence-corrected chi connectivity index (χ4v) is 3.16. The third-order valence-electron chi connectivity index (χ3n) is 3.59. The normalized spacial score (nSPS) is 11.1. The van der Waals surface area contributed by atoms with Crippen molar-refractivity contribution in [1.82, 2.24) is 29.4 Å². The lowest BCUT2D eigenvalue weighted by Gasteiger charge is -2.08. The van der Waals surface area contributed by atoms with Crippen molar-refractivity contribution in [2.24, 2.45) is 7.05 Å². The lowest BCUT2D eigenvalue weighted by Crippen LogP contribution is -2.14. The van der Waals surface area contributed by atoms with Crippen LogP contribution in [0.4, 0.5) is 5.13 Å². The number of hydrogen-bond donors (Lipinski definition) is 1. The smallest absolute Gasteiger partial charge is 0.261 e. The van der Waals surface area contributed by atoms with Crippen LogP contribution in [-0.2, 0) is 7.05 Å². The molecule has 9 heteroatoms. The number of nitrogens with one attached hydrogen (secondary N) is 1. The maximum absolute atomic E-state index is 12.7. The Hall–Kier alpha value is -3.07. The second kappa shape index (κ2) is 5.53. The molecule has 120 valence electrons. The van der Waals surface area contributed by atoms with E-state index in [9.17, 15) is 4.79 Å². The van der Waals surface area contributed by atoms with Crippen molar-refractivity contribution < 1.29 is 4.79 Å². The standard InChI is InChI=1S/C15H13N7OS/c1-9-7-24-15(18-9)19-14(23)11-5-10(12-3-4-17-21(12)2)6-22-8-16-20-13(11)22/h3-8H,1-2H3,(H,18,19,23). The zero-order chi connectivity index (χ0) is 16.7. The second-order valence-corrected chi connectivity index (χ2v) is 6.15. The maximum atomic E-state index is 12.7. The Bertz CT molecular complexity index is 1050. The van der Waals surface area contributed by atoms with Gasteiger partial charge in [-0.15, -0.1) is 21.5 Å². The fourth-order valence-electron chi connectivity index (χ4n) is 2.48. The van der Waals surface area contributed by atoms with Crippen LogP contribution in [-0.4, -0.2) is 35.3 Å². The third kappa shape index (κ3) is 2.44. The topological polar surface area (TPSA) is 90.0 Å². The van der Waals surface area contributed by atoms with Crippen LogP contribution in [0.25, 0.3) is 16.9 Å². The van der Waals surface area contributed by atoms with Gasteiger partial charge in [-0.05, 0) is 19.1 Å². The Morgan fingerprint density at radius 2 is 2.25 bits per heavy atom. The van der Waals surface area contributed by atoms with Gasteiger partial charge in [0.1, 0.15) is 6.33 Å². The molecule has 0 saturated heterocycles. The summed E-state index contributed by atoms with van der Waals surface area (Å²) >= 11 is 1.38. The molecule has 4 aromatic rings. The van der Waals surface area contributed by atoms with Crippen molar-refractivity contribution in [1.29, 1.82) is 0 Å². The predicted octanol–water partition coefficient (Wildman–Crippen LogP) is 2.15. The van der Waals surface area contributed by atoms with Gasteiger partial charge in [-0.1, -0.05) is 0 Å². The van der Waals surface area contributed by atoms with E-state index in [-0.39, 0.29) is 5.91 Å². The van der Waals surface area contributed by atoms with Crippen LogP contribution in [0, 0.1) is 6.92 Å². The van der Waals surface area contributed by atoms with Crippen LogP contribution in [0.3, 0.4) is 0 Å². The van der Waals surface area contributed by atoms with Crippen molar-refractivity contribution in [3.63, 3.8) is 0 Å². The number of pyridine rings is 1. The fraction of sp³-hybridized carbons (Fsp3) is 0.133. The van der Waals surface area contributed by atoms with E-state index in [4.69, 9.17) is 0 Å². The quantitative estimate of drug-likeness (QED) is 0.618. The van der Waals surface area contributed by atoms with Gasteiger partial charge in [-0.25, -0.2) is 4.98 Å². The number of rotatable bonds is 3. The molecule has 0 bridgehead atoms. The van der Waals surface area contributed by atoms with Gasteiger partial charge < -0.3 is 0 Å². The van der Waals surface area contributed by atoms with E-state index in [1.807, 2.05) is 31.6 Å². The van der Waals surface area contributed by atoms with Crippen LogP contribution >= 0.6 is 11.3 Å². The van der Waals surface area contributed by atoms with Crippen LogP contribution < -0.4 is 5.32 Å². The Morgan fingerprint density at radius 3 is 2.96 bits per heavy atom.